The molecule has 2 amide bonds. The van der Waals surface area contributed by atoms with Gasteiger partial charge in [0.05, 0.1) is 6.04 Å². The lowest BCUT2D eigenvalue weighted by molar-refractivity contribution is -0.148. The van der Waals surface area contributed by atoms with Gasteiger partial charge in [0.25, 0.3) is 5.91 Å². The molecule has 1 aromatic heterocycles. The molecular formula is C18H25N3O3. The first-order chi connectivity index (χ1) is 11.7. The number of morpholine rings is 1. The van der Waals surface area contributed by atoms with Crippen LogP contribution in [0.25, 0.3) is 0 Å². The lowest BCUT2D eigenvalue weighted by atomic mass is 9.95. The van der Waals surface area contributed by atoms with Crippen LogP contribution in [0.3, 0.4) is 0 Å². The van der Waals surface area contributed by atoms with E-state index in [1.165, 1.54) is 19.3 Å². The summed E-state index contributed by atoms with van der Waals surface area (Å²) in [5.41, 5.74) is 0.781. The van der Waals surface area contributed by atoms with Crippen LogP contribution in [-0.4, -0.2) is 35.6 Å². The zero-order chi connectivity index (χ0) is 16.8. The lowest BCUT2D eigenvalue weighted by Gasteiger charge is -2.33. The zero-order valence-corrected chi connectivity index (χ0v) is 13.9. The Balaban J connectivity index is 1.67. The van der Waals surface area contributed by atoms with Crippen LogP contribution < -0.4 is 10.6 Å². The summed E-state index contributed by atoms with van der Waals surface area (Å²) in [6, 6.07) is 3.35. The first-order valence-corrected chi connectivity index (χ1v) is 8.85. The quantitative estimate of drug-likeness (QED) is 0.886. The lowest BCUT2D eigenvalue weighted by Crippen LogP contribution is -2.54. The van der Waals surface area contributed by atoms with Gasteiger partial charge in [-0.15, -0.1) is 0 Å². The van der Waals surface area contributed by atoms with Crippen LogP contribution in [0.1, 0.15) is 56.6 Å². The topological polar surface area (TPSA) is 80.3 Å². The fourth-order valence-electron chi connectivity index (χ4n) is 3.48. The zero-order valence-electron chi connectivity index (χ0n) is 13.9. The molecule has 3 rings (SSSR count). The molecule has 0 unspecified atom stereocenters. The molecule has 130 valence electrons. The van der Waals surface area contributed by atoms with Crippen LogP contribution in [0.15, 0.2) is 24.5 Å². The highest BCUT2D eigenvalue weighted by Gasteiger charge is 2.36. The van der Waals surface area contributed by atoms with Gasteiger partial charge >= 0.3 is 0 Å². The minimum atomic E-state index is -0.711. The fourth-order valence-corrected chi connectivity index (χ4v) is 3.48. The molecule has 0 spiro atoms. The van der Waals surface area contributed by atoms with E-state index in [1.54, 1.807) is 18.5 Å². The van der Waals surface area contributed by atoms with Gasteiger partial charge in [-0.1, -0.05) is 38.2 Å². The third-order valence-corrected chi connectivity index (χ3v) is 4.77. The summed E-state index contributed by atoms with van der Waals surface area (Å²) < 4.78 is 5.56. The van der Waals surface area contributed by atoms with E-state index in [4.69, 9.17) is 4.74 Å². The summed E-state index contributed by atoms with van der Waals surface area (Å²) >= 11 is 0. The maximum atomic E-state index is 12.7. The first-order valence-electron chi connectivity index (χ1n) is 8.85. The van der Waals surface area contributed by atoms with Crippen molar-refractivity contribution in [3.63, 3.8) is 0 Å². The van der Waals surface area contributed by atoms with E-state index in [1.807, 2.05) is 6.07 Å². The highest BCUT2D eigenvalue weighted by molar-refractivity contribution is 5.86. The predicted octanol–water partition coefficient (Wildman–Crippen LogP) is 1.87. The van der Waals surface area contributed by atoms with Gasteiger partial charge in [0.1, 0.15) is 6.61 Å². The number of carbonyl (C=O) groups excluding carboxylic acids is 2. The van der Waals surface area contributed by atoms with Crippen molar-refractivity contribution in [2.45, 2.75) is 63.1 Å². The Kier molecular flexibility index (Phi) is 5.80. The highest BCUT2D eigenvalue weighted by atomic mass is 16.5. The number of pyridine rings is 1. The summed E-state index contributed by atoms with van der Waals surface area (Å²) in [4.78, 5) is 28.5. The Morgan fingerprint density at radius 2 is 1.96 bits per heavy atom. The Labute approximate surface area is 142 Å². The number of carbonyl (C=O) groups is 2. The van der Waals surface area contributed by atoms with Crippen molar-refractivity contribution in [3.05, 3.63) is 30.1 Å². The average Bonchev–Trinajstić information content (AvgIpc) is 2.58. The molecular weight excluding hydrogens is 306 g/mol. The summed E-state index contributed by atoms with van der Waals surface area (Å²) in [7, 11) is 0. The van der Waals surface area contributed by atoms with Crippen LogP contribution in [0.4, 0.5) is 0 Å². The molecule has 2 heterocycles. The second-order valence-corrected chi connectivity index (χ2v) is 6.61. The van der Waals surface area contributed by atoms with Gasteiger partial charge in [-0.3, -0.25) is 14.6 Å². The molecule has 1 aliphatic heterocycles. The van der Waals surface area contributed by atoms with E-state index < -0.39 is 12.1 Å². The molecule has 0 radical (unpaired) electrons. The van der Waals surface area contributed by atoms with Crippen molar-refractivity contribution in [2.75, 3.05) is 6.61 Å². The van der Waals surface area contributed by atoms with Crippen molar-refractivity contribution < 1.29 is 14.3 Å². The number of hydrogen-bond acceptors (Lipinski definition) is 4. The molecule has 0 bridgehead atoms. The second-order valence-electron chi connectivity index (χ2n) is 6.61. The van der Waals surface area contributed by atoms with E-state index in [0.717, 1.165) is 31.2 Å². The van der Waals surface area contributed by atoms with Crippen molar-refractivity contribution >= 4 is 11.8 Å². The van der Waals surface area contributed by atoms with Gasteiger partial charge in [0, 0.05) is 18.4 Å². The van der Waals surface area contributed by atoms with Crippen molar-refractivity contribution in [1.82, 2.24) is 15.6 Å². The Morgan fingerprint density at radius 1 is 1.21 bits per heavy atom. The number of amides is 2. The number of ether oxygens (including phenoxy) is 1. The van der Waals surface area contributed by atoms with E-state index in [0.29, 0.717) is 0 Å². The monoisotopic (exact) mass is 331 g/mol. The number of nitrogens with zero attached hydrogens (tertiary/aromatic N) is 1. The largest absolute Gasteiger partial charge is 0.356 e. The van der Waals surface area contributed by atoms with Crippen LogP contribution >= 0.6 is 0 Å². The maximum Gasteiger partial charge on any atom is 0.251 e. The normalized spacial score (nSPS) is 26.1. The van der Waals surface area contributed by atoms with E-state index >= 15 is 0 Å². The third kappa shape index (κ3) is 4.32. The van der Waals surface area contributed by atoms with Gasteiger partial charge in [0.15, 0.2) is 6.10 Å². The summed E-state index contributed by atoms with van der Waals surface area (Å²) in [5.74, 6) is -0.353. The molecule has 6 heteroatoms. The molecule has 6 nitrogen and oxygen atoms in total. The smallest absolute Gasteiger partial charge is 0.251 e. The van der Waals surface area contributed by atoms with Crippen LogP contribution in [0.2, 0.25) is 0 Å². The summed E-state index contributed by atoms with van der Waals surface area (Å²) in [5, 5.41) is 5.99. The second kappa shape index (κ2) is 8.24. The highest BCUT2D eigenvalue weighted by Crippen LogP contribution is 2.23. The van der Waals surface area contributed by atoms with Crippen LogP contribution in [0, 0.1) is 0 Å². The molecule has 2 atom stereocenters. The molecule has 1 aromatic rings. The minimum absolute atomic E-state index is 0.0838. The fraction of sp³-hybridized carbons (Fsp3) is 0.611. The summed E-state index contributed by atoms with van der Waals surface area (Å²) in [6.07, 6.45) is 10.7. The van der Waals surface area contributed by atoms with E-state index in [2.05, 4.69) is 15.6 Å². The first kappa shape index (κ1) is 16.9. The Morgan fingerprint density at radius 3 is 2.67 bits per heavy atom. The third-order valence-electron chi connectivity index (χ3n) is 4.77. The number of nitrogens with one attached hydrogen (secondary N) is 2. The van der Waals surface area contributed by atoms with Crippen LogP contribution in [-0.2, 0) is 14.3 Å². The number of hydrogen-bond donors (Lipinski definition) is 2. The SMILES string of the molecule is O=C1CO[C@H](C(=O)NC2CCCCCCC2)[C@@H](c2cccnc2)N1. The molecule has 0 aromatic carbocycles. The van der Waals surface area contributed by atoms with Crippen LogP contribution in [0.5, 0.6) is 0 Å². The number of aromatic nitrogens is 1. The van der Waals surface area contributed by atoms with Crippen molar-refractivity contribution in [3.8, 4) is 0 Å². The molecule has 2 fully saturated rings. The molecule has 2 aliphatic rings. The number of rotatable bonds is 3. The Hall–Kier alpha value is -1.95. The van der Waals surface area contributed by atoms with Crippen molar-refractivity contribution in [1.29, 1.82) is 0 Å². The maximum absolute atomic E-state index is 12.7. The summed E-state index contributed by atoms with van der Waals surface area (Å²) in [6.45, 7) is -0.0838. The minimum Gasteiger partial charge on any atom is -0.356 e. The average molecular weight is 331 g/mol. The van der Waals surface area contributed by atoms with Crippen molar-refractivity contribution in [2.24, 2.45) is 0 Å². The molecule has 24 heavy (non-hydrogen) atoms. The molecule has 1 saturated heterocycles. The predicted molar refractivity (Wildman–Crippen MR) is 89.1 cm³/mol. The van der Waals surface area contributed by atoms with Gasteiger partial charge in [0.2, 0.25) is 5.91 Å². The van der Waals surface area contributed by atoms with Gasteiger partial charge in [-0.25, -0.2) is 0 Å². The molecule has 1 saturated carbocycles. The van der Waals surface area contributed by atoms with Gasteiger partial charge in [-0.2, -0.15) is 0 Å². The standard InChI is InChI=1S/C18H25N3O3/c22-15-12-24-17(16(21-15)13-7-6-10-19-11-13)18(23)20-14-8-4-2-1-3-5-9-14/h6-7,10-11,14,16-17H,1-5,8-9,12H2,(H,20,23)(H,21,22)/t16-,17+/m1/s1. The Bertz CT molecular complexity index is 556. The molecule has 1 aliphatic carbocycles. The van der Waals surface area contributed by atoms with Gasteiger partial charge < -0.3 is 15.4 Å². The van der Waals surface area contributed by atoms with Gasteiger partial charge in [-0.05, 0) is 24.5 Å². The van der Waals surface area contributed by atoms with E-state index in [9.17, 15) is 9.59 Å². The van der Waals surface area contributed by atoms with E-state index in [-0.39, 0.29) is 24.5 Å². The molecule has 2 N–H and O–H groups in total.